The number of nitrogens with zero attached hydrogens (tertiary/aromatic N) is 1. The summed E-state index contributed by atoms with van der Waals surface area (Å²) in [6, 6.07) is -0.0988. The molecule has 2 amide bonds. The number of rotatable bonds is 2. The predicted octanol–water partition coefficient (Wildman–Crippen LogP) is 1.15. The molecule has 5 heteroatoms. The highest BCUT2D eigenvalue weighted by Gasteiger charge is 2.31. The van der Waals surface area contributed by atoms with Crippen LogP contribution in [0.25, 0.3) is 0 Å². The molecule has 5 nitrogen and oxygen atoms in total. The average Bonchev–Trinajstić information content (AvgIpc) is 2.19. The standard InChI is InChI=1S/C11H20N2O3/c1-7-4-8(2)9(3)13(6-7)11(16)12-5-10(14)15/h7-9H,4-6H2,1-3H3,(H,12,16)(H,14,15). The van der Waals surface area contributed by atoms with Crippen LogP contribution in [0, 0.1) is 11.8 Å². The second kappa shape index (κ2) is 5.18. The highest BCUT2D eigenvalue weighted by molar-refractivity contribution is 5.80. The minimum Gasteiger partial charge on any atom is -0.480 e. The van der Waals surface area contributed by atoms with Gasteiger partial charge in [-0.25, -0.2) is 4.79 Å². The van der Waals surface area contributed by atoms with E-state index < -0.39 is 5.97 Å². The Morgan fingerprint density at radius 2 is 2.00 bits per heavy atom. The molecule has 1 heterocycles. The van der Waals surface area contributed by atoms with Gasteiger partial charge in [-0.2, -0.15) is 0 Å². The number of hydrogen-bond acceptors (Lipinski definition) is 2. The van der Waals surface area contributed by atoms with Crippen LogP contribution in [-0.4, -0.2) is 41.1 Å². The Labute approximate surface area is 95.8 Å². The van der Waals surface area contributed by atoms with Crippen LogP contribution in [0.5, 0.6) is 0 Å². The molecule has 1 rings (SSSR count). The maximum Gasteiger partial charge on any atom is 0.323 e. The molecule has 2 N–H and O–H groups in total. The van der Waals surface area contributed by atoms with Crippen LogP contribution < -0.4 is 5.32 Å². The second-order valence-electron chi connectivity index (χ2n) is 4.76. The number of carbonyl (C=O) groups excluding carboxylic acids is 1. The predicted molar refractivity (Wildman–Crippen MR) is 60.1 cm³/mol. The normalized spacial score (nSPS) is 29.9. The van der Waals surface area contributed by atoms with E-state index in [4.69, 9.17) is 5.11 Å². The Bertz CT molecular complexity index is 280. The highest BCUT2D eigenvalue weighted by atomic mass is 16.4. The van der Waals surface area contributed by atoms with Crippen molar-refractivity contribution >= 4 is 12.0 Å². The molecular weight excluding hydrogens is 208 g/mol. The summed E-state index contributed by atoms with van der Waals surface area (Å²) in [4.78, 5) is 23.9. The lowest BCUT2D eigenvalue weighted by molar-refractivity contribution is -0.135. The van der Waals surface area contributed by atoms with Crippen molar-refractivity contribution in [3.05, 3.63) is 0 Å². The molecule has 1 fully saturated rings. The first-order valence-corrected chi connectivity index (χ1v) is 5.68. The number of carboxylic acid groups (broad SMARTS) is 1. The number of urea groups is 1. The van der Waals surface area contributed by atoms with Crippen molar-refractivity contribution in [2.45, 2.75) is 33.2 Å². The van der Waals surface area contributed by atoms with Crippen LogP contribution >= 0.6 is 0 Å². The van der Waals surface area contributed by atoms with Crippen molar-refractivity contribution in [3.8, 4) is 0 Å². The Balaban J connectivity index is 2.56. The molecule has 0 aliphatic carbocycles. The molecule has 1 aliphatic rings. The number of nitrogens with one attached hydrogen (secondary N) is 1. The molecule has 0 aromatic carbocycles. The molecule has 0 aromatic heterocycles. The summed E-state index contributed by atoms with van der Waals surface area (Å²) < 4.78 is 0. The van der Waals surface area contributed by atoms with E-state index in [2.05, 4.69) is 19.2 Å². The van der Waals surface area contributed by atoms with Crippen molar-refractivity contribution in [2.75, 3.05) is 13.1 Å². The minimum absolute atomic E-state index is 0.171. The minimum atomic E-state index is -1.01. The molecule has 3 unspecified atom stereocenters. The van der Waals surface area contributed by atoms with Gasteiger partial charge in [0.2, 0.25) is 0 Å². The molecule has 0 spiro atoms. The molecule has 3 atom stereocenters. The molecule has 0 bridgehead atoms. The Morgan fingerprint density at radius 3 is 2.56 bits per heavy atom. The van der Waals surface area contributed by atoms with Crippen LogP contribution in [0.15, 0.2) is 0 Å². The second-order valence-corrected chi connectivity index (χ2v) is 4.76. The van der Waals surface area contributed by atoms with Gasteiger partial charge in [-0.3, -0.25) is 4.79 Å². The van der Waals surface area contributed by atoms with Gasteiger partial charge in [0.15, 0.2) is 0 Å². The molecule has 16 heavy (non-hydrogen) atoms. The molecule has 0 saturated carbocycles. The lowest BCUT2D eigenvalue weighted by atomic mass is 9.86. The van der Waals surface area contributed by atoms with E-state index in [1.165, 1.54) is 0 Å². The number of piperidine rings is 1. The van der Waals surface area contributed by atoms with Crippen molar-refractivity contribution in [3.63, 3.8) is 0 Å². The number of hydrogen-bond donors (Lipinski definition) is 2. The van der Waals surface area contributed by atoms with E-state index >= 15 is 0 Å². The van der Waals surface area contributed by atoms with Gasteiger partial charge in [0.25, 0.3) is 0 Å². The van der Waals surface area contributed by atoms with Crippen LogP contribution in [0.3, 0.4) is 0 Å². The summed E-state index contributed by atoms with van der Waals surface area (Å²) >= 11 is 0. The zero-order chi connectivity index (χ0) is 12.3. The van der Waals surface area contributed by atoms with Crippen LogP contribution in [0.4, 0.5) is 4.79 Å². The van der Waals surface area contributed by atoms with Crippen molar-refractivity contribution in [1.29, 1.82) is 0 Å². The molecule has 0 radical (unpaired) electrons. The maximum absolute atomic E-state index is 11.8. The number of carboxylic acids is 1. The van der Waals surface area contributed by atoms with Gasteiger partial charge in [0, 0.05) is 12.6 Å². The molecule has 1 aliphatic heterocycles. The molecule has 0 aromatic rings. The fraction of sp³-hybridized carbons (Fsp3) is 0.818. The highest BCUT2D eigenvalue weighted by Crippen LogP contribution is 2.26. The fourth-order valence-corrected chi connectivity index (χ4v) is 2.24. The first-order chi connectivity index (χ1) is 7.41. The summed E-state index contributed by atoms with van der Waals surface area (Å²) in [5.74, 6) is -0.0831. The van der Waals surface area contributed by atoms with Gasteiger partial charge in [0.1, 0.15) is 6.54 Å². The Hall–Kier alpha value is -1.26. The van der Waals surface area contributed by atoms with Crippen molar-refractivity contribution < 1.29 is 14.7 Å². The number of likely N-dealkylation sites (tertiary alicyclic amines) is 1. The van der Waals surface area contributed by atoms with Gasteiger partial charge in [-0.15, -0.1) is 0 Å². The Morgan fingerprint density at radius 1 is 1.38 bits per heavy atom. The van der Waals surface area contributed by atoms with Gasteiger partial charge in [-0.05, 0) is 25.2 Å². The third kappa shape index (κ3) is 3.12. The topological polar surface area (TPSA) is 69.6 Å². The third-order valence-corrected chi connectivity index (χ3v) is 3.25. The van der Waals surface area contributed by atoms with E-state index in [1.807, 2.05) is 6.92 Å². The van der Waals surface area contributed by atoms with Gasteiger partial charge in [-0.1, -0.05) is 13.8 Å². The van der Waals surface area contributed by atoms with Crippen LogP contribution in [-0.2, 0) is 4.79 Å². The smallest absolute Gasteiger partial charge is 0.323 e. The molecular formula is C11H20N2O3. The SMILES string of the molecule is CC1CC(C)C(C)N(C(=O)NCC(=O)O)C1. The average molecular weight is 228 g/mol. The van der Waals surface area contributed by atoms with E-state index in [1.54, 1.807) is 4.90 Å². The number of aliphatic carboxylic acids is 1. The van der Waals surface area contributed by atoms with Gasteiger partial charge >= 0.3 is 12.0 Å². The monoisotopic (exact) mass is 228 g/mol. The summed E-state index contributed by atoms with van der Waals surface area (Å²) in [6.07, 6.45) is 1.11. The van der Waals surface area contributed by atoms with E-state index in [0.717, 1.165) is 6.42 Å². The van der Waals surface area contributed by atoms with Crippen molar-refractivity contribution in [2.24, 2.45) is 11.8 Å². The molecule has 92 valence electrons. The fourth-order valence-electron chi connectivity index (χ4n) is 2.24. The van der Waals surface area contributed by atoms with Crippen LogP contribution in [0.2, 0.25) is 0 Å². The molecule has 1 saturated heterocycles. The first kappa shape index (κ1) is 12.8. The maximum atomic E-state index is 11.8. The number of amides is 2. The van der Waals surface area contributed by atoms with Crippen LogP contribution in [0.1, 0.15) is 27.2 Å². The summed E-state index contributed by atoms with van der Waals surface area (Å²) in [5.41, 5.74) is 0. The quantitative estimate of drug-likeness (QED) is 0.744. The number of carbonyl (C=O) groups is 2. The zero-order valence-electron chi connectivity index (χ0n) is 10.1. The lowest BCUT2D eigenvalue weighted by Crippen LogP contribution is -2.53. The van der Waals surface area contributed by atoms with Gasteiger partial charge < -0.3 is 15.3 Å². The summed E-state index contributed by atoms with van der Waals surface area (Å²) in [5, 5.41) is 10.9. The van der Waals surface area contributed by atoms with Crippen molar-refractivity contribution in [1.82, 2.24) is 10.2 Å². The third-order valence-electron chi connectivity index (χ3n) is 3.25. The lowest BCUT2D eigenvalue weighted by Gasteiger charge is -2.40. The Kier molecular flexibility index (Phi) is 4.15. The summed E-state index contributed by atoms with van der Waals surface area (Å²) in [6.45, 7) is 6.64. The zero-order valence-corrected chi connectivity index (χ0v) is 10.1. The van der Waals surface area contributed by atoms with E-state index in [0.29, 0.717) is 18.4 Å². The largest absolute Gasteiger partial charge is 0.480 e. The van der Waals surface area contributed by atoms with E-state index in [9.17, 15) is 9.59 Å². The van der Waals surface area contributed by atoms with E-state index in [-0.39, 0.29) is 18.6 Å². The first-order valence-electron chi connectivity index (χ1n) is 5.68. The van der Waals surface area contributed by atoms with Gasteiger partial charge in [0.05, 0.1) is 0 Å². The summed E-state index contributed by atoms with van der Waals surface area (Å²) in [7, 11) is 0.